The number of carbonyl (C=O) groups excluding carboxylic acids is 2. The maximum absolute atomic E-state index is 13.8. The fraction of sp³-hybridized carbons (Fsp3) is 0.290. The van der Waals surface area contributed by atoms with Gasteiger partial charge in [-0.2, -0.15) is 0 Å². The van der Waals surface area contributed by atoms with Crippen LogP contribution in [0, 0.1) is 18.7 Å². The van der Waals surface area contributed by atoms with Crippen molar-refractivity contribution in [1.82, 2.24) is 4.98 Å². The van der Waals surface area contributed by atoms with E-state index < -0.39 is 11.8 Å². The Morgan fingerprint density at radius 2 is 1.90 bits per heavy atom. The van der Waals surface area contributed by atoms with Gasteiger partial charge in [0.15, 0.2) is 5.78 Å². The predicted molar refractivity (Wildman–Crippen MR) is 147 cm³/mol. The minimum Gasteiger partial charge on any atom is -0.496 e. The molecule has 8 heteroatoms. The van der Waals surface area contributed by atoms with Crippen LogP contribution in [0.25, 0.3) is 0 Å². The molecule has 7 nitrogen and oxygen atoms in total. The molecule has 2 aromatic carbocycles. The number of hydrogen-bond donors (Lipinski definition) is 1. The van der Waals surface area contributed by atoms with Gasteiger partial charge < -0.3 is 14.8 Å². The Labute approximate surface area is 226 Å². The van der Waals surface area contributed by atoms with E-state index in [9.17, 15) is 14.0 Å². The SMILES string of the molecule is COc1ccc([C@H]2C3=C(CCCC3=O)N=C(C)C2C(=O)Nc2ncccc2C)cc1COc1ccc(F)cc1. The van der Waals surface area contributed by atoms with Gasteiger partial charge >= 0.3 is 0 Å². The number of carbonyl (C=O) groups is 2. The number of aliphatic imine (C=N–C) groups is 1. The Balaban J connectivity index is 1.54. The van der Waals surface area contributed by atoms with E-state index >= 15 is 0 Å². The summed E-state index contributed by atoms with van der Waals surface area (Å²) in [4.78, 5) is 36.2. The molecule has 200 valence electrons. The van der Waals surface area contributed by atoms with E-state index in [-0.39, 0.29) is 24.1 Å². The predicted octanol–water partition coefficient (Wildman–Crippen LogP) is 5.94. The third-order valence-corrected chi connectivity index (χ3v) is 7.24. The second kappa shape index (κ2) is 11.2. The highest BCUT2D eigenvalue weighted by atomic mass is 19.1. The first-order chi connectivity index (χ1) is 18.9. The normalized spacial score (nSPS) is 18.8. The smallest absolute Gasteiger partial charge is 0.235 e. The highest BCUT2D eigenvalue weighted by molar-refractivity contribution is 6.13. The summed E-state index contributed by atoms with van der Waals surface area (Å²) in [6.07, 6.45) is 3.49. The highest BCUT2D eigenvalue weighted by Gasteiger charge is 2.42. The molecule has 0 fully saturated rings. The van der Waals surface area contributed by atoms with Crippen LogP contribution in [0.4, 0.5) is 10.2 Å². The number of methoxy groups -OCH3 is 1. The second-order valence-electron chi connectivity index (χ2n) is 9.82. The molecule has 2 aliphatic rings. The number of aromatic nitrogens is 1. The van der Waals surface area contributed by atoms with Crippen LogP contribution in [0.1, 0.15) is 48.8 Å². The molecule has 2 heterocycles. The van der Waals surface area contributed by atoms with Gasteiger partial charge in [0.05, 0.1) is 13.0 Å². The summed E-state index contributed by atoms with van der Waals surface area (Å²) in [5, 5.41) is 2.96. The van der Waals surface area contributed by atoms with Crippen LogP contribution < -0.4 is 14.8 Å². The minimum absolute atomic E-state index is 0.0178. The van der Waals surface area contributed by atoms with E-state index in [1.807, 2.05) is 44.2 Å². The zero-order valence-corrected chi connectivity index (χ0v) is 22.2. The topological polar surface area (TPSA) is 89.9 Å². The van der Waals surface area contributed by atoms with Gasteiger partial charge in [0.25, 0.3) is 0 Å². The molecular formula is C31H30FN3O4. The molecule has 0 bridgehead atoms. The zero-order valence-electron chi connectivity index (χ0n) is 22.2. The fourth-order valence-electron chi connectivity index (χ4n) is 5.31. The summed E-state index contributed by atoms with van der Waals surface area (Å²) in [6.45, 7) is 3.88. The molecule has 39 heavy (non-hydrogen) atoms. The van der Waals surface area contributed by atoms with Gasteiger partial charge in [0.2, 0.25) is 5.91 Å². The van der Waals surface area contributed by atoms with Crippen molar-refractivity contribution in [2.75, 3.05) is 12.4 Å². The number of rotatable bonds is 7. The Morgan fingerprint density at radius 1 is 1.10 bits per heavy atom. The number of aryl methyl sites for hydroxylation is 1. The maximum Gasteiger partial charge on any atom is 0.235 e. The number of Topliss-reactive ketones (excluding diaryl/α,β-unsaturated/α-hetero) is 1. The number of anilines is 1. The van der Waals surface area contributed by atoms with Gasteiger partial charge in [-0.1, -0.05) is 12.1 Å². The summed E-state index contributed by atoms with van der Waals surface area (Å²) >= 11 is 0. The van der Waals surface area contributed by atoms with Crippen molar-refractivity contribution in [3.63, 3.8) is 0 Å². The number of ketones is 1. The monoisotopic (exact) mass is 527 g/mol. The Hall–Kier alpha value is -4.33. The minimum atomic E-state index is -0.702. The lowest BCUT2D eigenvalue weighted by Crippen LogP contribution is -2.39. The second-order valence-corrected chi connectivity index (χ2v) is 9.82. The fourth-order valence-corrected chi connectivity index (χ4v) is 5.31. The van der Waals surface area contributed by atoms with Crippen LogP contribution in [-0.2, 0) is 16.2 Å². The standard InChI is InChI=1S/C31H30FN3O4/c1-18-6-5-15-33-30(18)35-31(37)27-19(2)34-24-7-4-8-25(36)29(24)28(27)20-9-14-26(38-3)21(16-20)17-39-23-12-10-22(32)11-13-23/h5-6,9-16,27-28H,4,7-8,17H2,1-3H3,(H,33,35,37)/t27?,28-/m1/s1. The van der Waals surface area contributed by atoms with Crippen LogP contribution in [0.15, 0.2) is 77.1 Å². The molecule has 0 spiro atoms. The zero-order chi connectivity index (χ0) is 27.5. The molecule has 2 atom stereocenters. The van der Waals surface area contributed by atoms with Crippen LogP contribution in [0.2, 0.25) is 0 Å². The molecule has 0 saturated carbocycles. The molecule has 1 aromatic heterocycles. The first kappa shape index (κ1) is 26.3. The Morgan fingerprint density at radius 3 is 2.64 bits per heavy atom. The van der Waals surface area contributed by atoms with E-state index in [2.05, 4.69) is 10.3 Å². The third-order valence-electron chi connectivity index (χ3n) is 7.24. The molecular weight excluding hydrogens is 497 g/mol. The van der Waals surface area contributed by atoms with Crippen LogP contribution >= 0.6 is 0 Å². The highest BCUT2D eigenvalue weighted by Crippen LogP contribution is 2.44. The van der Waals surface area contributed by atoms with E-state index in [0.29, 0.717) is 41.4 Å². The summed E-state index contributed by atoms with van der Waals surface area (Å²) in [5.74, 6) is -0.223. The van der Waals surface area contributed by atoms with E-state index in [1.165, 1.54) is 12.1 Å². The van der Waals surface area contributed by atoms with Crippen molar-refractivity contribution in [2.45, 2.75) is 45.6 Å². The molecule has 5 rings (SSSR count). The molecule has 1 aliphatic heterocycles. The quantitative estimate of drug-likeness (QED) is 0.411. The van der Waals surface area contributed by atoms with Crippen molar-refractivity contribution >= 4 is 23.2 Å². The Kier molecular flexibility index (Phi) is 7.54. The van der Waals surface area contributed by atoms with Crippen LogP contribution in [0.5, 0.6) is 11.5 Å². The third kappa shape index (κ3) is 5.46. The molecule has 1 aliphatic carbocycles. The van der Waals surface area contributed by atoms with E-state index in [0.717, 1.165) is 28.8 Å². The first-order valence-corrected chi connectivity index (χ1v) is 12.9. The average molecular weight is 528 g/mol. The largest absolute Gasteiger partial charge is 0.496 e. The molecule has 1 unspecified atom stereocenters. The van der Waals surface area contributed by atoms with Gasteiger partial charge in [-0.25, -0.2) is 9.37 Å². The first-order valence-electron chi connectivity index (χ1n) is 12.9. The summed E-state index contributed by atoms with van der Waals surface area (Å²) in [5.41, 5.74) is 4.38. The Bertz CT molecular complexity index is 1480. The lowest BCUT2D eigenvalue weighted by Gasteiger charge is -2.35. The van der Waals surface area contributed by atoms with Gasteiger partial charge in [0, 0.05) is 41.1 Å². The number of halogens is 1. The molecule has 1 amide bonds. The molecule has 1 N–H and O–H groups in total. The van der Waals surface area contributed by atoms with Crippen molar-refractivity contribution in [2.24, 2.45) is 10.9 Å². The summed E-state index contributed by atoms with van der Waals surface area (Å²) in [6, 6.07) is 15.1. The lowest BCUT2D eigenvalue weighted by molar-refractivity contribution is -0.119. The number of allylic oxidation sites excluding steroid dienone is 2. The average Bonchev–Trinajstić information content (AvgIpc) is 2.93. The van der Waals surface area contributed by atoms with Gasteiger partial charge in [-0.05, 0) is 80.3 Å². The van der Waals surface area contributed by atoms with E-state index in [1.54, 1.807) is 25.4 Å². The number of pyridine rings is 1. The van der Waals surface area contributed by atoms with Gasteiger partial charge in [-0.3, -0.25) is 14.6 Å². The number of amides is 1. The molecule has 0 saturated heterocycles. The number of hydrogen-bond acceptors (Lipinski definition) is 6. The van der Waals surface area contributed by atoms with Crippen LogP contribution in [-0.4, -0.2) is 29.5 Å². The lowest BCUT2D eigenvalue weighted by atomic mass is 9.71. The van der Waals surface area contributed by atoms with Gasteiger partial charge in [0.1, 0.15) is 29.7 Å². The molecule has 3 aromatic rings. The van der Waals surface area contributed by atoms with Crippen molar-refractivity contribution in [1.29, 1.82) is 0 Å². The number of nitrogens with zero attached hydrogens (tertiary/aromatic N) is 2. The van der Waals surface area contributed by atoms with Crippen molar-refractivity contribution in [3.8, 4) is 11.5 Å². The van der Waals surface area contributed by atoms with Crippen LogP contribution in [0.3, 0.4) is 0 Å². The summed E-state index contributed by atoms with van der Waals surface area (Å²) in [7, 11) is 1.57. The van der Waals surface area contributed by atoms with Gasteiger partial charge in [-0.15, -0.1) is 0 Å². The maximum atomic E-state index is 13.8. The van der Waals surface area contributed by atoms with E-state index in [4.69, 9.17) is 14.5 Å². The molecule has 0 radical (unpaired) electrons. The summed E-state index contributed by atoms with van der Waals surface area (Å²) < 4.78 is 24.8. The van der Waals surface area contributed by atoms with Crippen molar-refractivity contribution in [3.05, 3.63) is 94.6 Å². The number of ether oxygens (including phenoxy) is 2. The van der Waals surface area contributed by atoms with Crippen molar-refractivity contribution < 1.29 is 23.5 Å². The number of benzene rings is 2. The number of nitrogens with one attached hydrogen (secondary N) is 1.